The molecule has 0 bridgehead atoms. The van der Waals surface area contributed by atoms with Crippen LogP contribution in [0.25, 0.3) is 0 Å². The number of hydrazone groups is 1. The summed E-state index contributed by atoms with van der Waals surface area (Å²) in [6.07, 6.45) is 3.55. The van der Waals surface area contributed by atoms with Crippen LogP contribution >= 0.6 is 0 Å². The van der Waals surface area contributed by atoms with E-state index in [4.69, 9.17) is 5.84 Å². The number of nitrogens with two attached hydrogens (primary N) is 1. The van der Waals surface area contributed by atoms with Crippen molar-refractivity contribution in [2.45, 2.75) is 17.7 Å². The molecule has 8 nitrogen and oxygen atoms in total. The molecule has 2 fully saturated rings. The molecule has 0 aliphatic carbocycles. The lowest BCUT2D eigenvalue weighted by atomic mass is 10.2. The number of carbonyl (C=O) groups excluding carboxylic acids is 1. The number of urea groups is 1. The number of benzene rings is 1. The van der Waals surface area contributed by atoms with Crippen LogP contribution in [-0.4, -0.2) is 74.0 Å². The third-order valence-corrected chi connectivity index (χ3v) is 6.54. The summed E-state index contributed by atoms with van der Waals surface area (Å²) in [4.78, 5) is 16.2. The number of rotatable bonds is 3. The van der Waals surface area contributed by atoms with Gasteiger partial charge in [0.25, 0.3) is 0 Å². The fourth-order valence-electron chi connectivity index (χ4n) is 3.19. The van der Waals surface area contributed by atoms with Crippen LogP contribution in [0.15, 0.2) is 34.3 Å². The van der Waals surface area contributed by atoms with Crippen LogP contribution in [0.3, 0.4) is 0 Å². The molecule has 0 radical (unpaired) electrons. The zero-order valence-corrected chi connectivity index (χ0v) is 14.9. The van der Waals surface area contributed by atoms with Crippen molar-refractivity contribution in [2.24, 2.45) is 10.9 Å². The van der Waals surface area contributed by atoms with Crippen LogP contribution in [0.1, 0.15) is 18.4 Å². The highest BCUT2D eigenvalue weighted by Crippen LogP contribution is 2.19. The molecule has 0 saturated carbocycles. The summed E-state index contributed by atoms with van der Waals surface area (Å²) in [7, 11) is -3.56. The standard InChI is InChI=1S/C16H23N5O3S/c17-18-13-14-3-5-15(6-4-14)25(23,24)21-11-9-20(10-12-21)16(22)19-7-1-2-8-19/h3-6,13H,1-2,7-12,17H2/b18-13+. The molecule has 0 unspecified atom stereocenters. The van der Waals surface area contributed by atoms with Crippen molar-refractivity contribution in [1.82, 2.24) is 14.1 Å². The fourth-order valence-corrected chi connectivity index (χ4v) is 4.61. The lowest BCUT2D eigenvalue weighted by Gasteiger charge is -2.36. The van der Waals surface area contributed by atoms with Crippen LogP contribution in [0.2, 0.25) is 0 Å². The second-order valence-electron chi connectivity index (χ2n) is 6.22. The molecule has 0 aromatic heterocycles. The van der Waals surface area contributed by atoms with E-state index in [2.05, 4.69) is 5.10 Å². The highest BCUT2D eigenvalue weighted by atomic mass is 32.2. The number of sulfonamides is 1. The average molecular weight is 365 g/mol. The van der Waals surface area contributed by atoms with Gasteiger partial charge in [-0.2, -0.15) is 9.41 Å². The van der Waals surface area contributed by atoms with Crippen molar-refractivity contribution in [1.29, 1.82) is 0 Å². The van der Waals surface area contributed by atoms with Gasteiger partial charge in [-0.25, -0.2) is 13.2 Å². The van der Waals surface area contributed by atoms with Gasteiger partial charge in [-0.15, -0.1) is 0 Å². The van der Waals surface area contributed by atoms with Crippen molar-refractivity contribution in [3.63, 3.8) is 0 Å². The Kier molecular flexibility index (Phi) is 5.24. The second kappa shape index (κ2) is 7.40. The molecule has 2 aliphatic rings. The Morgan fingerprint density at radius 2 is 1.52 bits per heavy atom. The van der Waals surface area contributed by atoms with Gasteiger partial charge in [-0.3, -0.25) is 0 Å². The van der Waals surface area contributed by atoms with E-state index in [0.717, 1.165) is 31.5 Å². The Morgan fingerprint density at radius 1 is 0.960 bits per heavy atom. The number of carbonyl (C=O) groups is 1. The van der Waals surface area contributed by atoms with Gasteiger partial charge < -0.3 is 15.6 Å². The van der Waals surface area contributed by atoms with E-state index in [1.807, 2.05) is 4.90 Å². The third-order valence-electron chi connectivity index (χ3n) is 4.63. The summed E-state index contributed by atoms with van der Waals surface area (Å²) >= 11 is 0. The highest BCUT2D eigenvalue weighted by Gasteiger charge is 2.32. The Bertz CT molecular complexity index is 734. The van der Waals surface area contributed by atoms with Crippen LogP contribution < -0.4 is 5.84 Å². The van der Waals surface area contributed by atoms with Crippen molar-refractivity contribution >= 4 is 22.3 Å². The van der Waals surface area contributed by atoms with E-state index in [9.17, 15) is 13.2 Å². The normalized spacial score (nSPS) is 19.7. The van der Waals surface area contributed by atoms with Crippen LogP contribution in [0.4, 0.5) is 4.79 Å². The summed E-state index contributed by atoms with van der Waals surface area (Å²) in [6.45, 7) is 3.08. The molecular formula is C16H23N5O3S. The van der Waals surface area contributed by atoms with E-state index in [-0.39, 0.29) is 10.9 Å². The first-order valence-electron chi connectivity index (χ1n) is 8.40. The summed E-state index contributed by atoms with van der Waals surface area (Å²) in [6, 6.07) is 6.45. The van der Waals surface area contributed by atoms with Crippen LogP contribution in [-0.2, 0) is 10.0 Å². The Morgan fingerprint density at radius 3 is 2.08 bits per heavy atom. The predicted octanol–water partition coefficient (Wildman–Crippen LogP) is 0.501. The smallest absolute Gasteiger partial charge is 0.320 e. The molecule has 1 aromatic carbocycles. The SMILES string of the molecule is N/N=C/c1ccc(S(=O)(=O)N2CCN(C(=O)N3CCCC3)CC2)cc1. The maximum Gasteiger partial charge on any atom is 0.320 e. The number of likely N-dealkylation sites (tertiary alicyclic amines) is 1. The summed E-state index contributed by atoms with van der Waals surface area (Å²) in [5.41, 5.74) is 0.738. The predicted molar refractivity (Wildman–Crippen MR) is 94.8 cm³/mol. The van der Waals surface area contributed by atoms with E-state index in [1.165, 1.54) is 10.5 Å². The lowest BCUT2D eigenvalue weighted by molar-refractivity contribution is 0.142. The van der Waals surface area contributed by atoms with Crippen molar-refractivity contribution in [3.8, 4) is 0 Å². The summed E-state index contributed by atoms with van der Waals surface area (Å²) < 4.78 is 26.9. The minimum atomic E-state index is -3.56. The zero-order valence-electron chi connectivity index (χ0n) is 14.0. The van der Waals surface area contributed by atoms with Crippen molar-refractivity contribution in [2.75, 3.05) is 39.3 Å². The van der Waals surface area contributed by atoms with E-state index >= 15 is 0 Å². The van der Waals surface area contributed by atoms with E-state index < -0.39 is 10.0 Å². The number of hydrogen-bond acceptors (Lipinski definition) is 5. The van der Waals surface area contributed by atoms with Gasteiger partial charge in [0.05, 0.1) is 11.1 Å². The molecule has 136 valence electrons. The molecule has 3 rings (SSSR count). The summed E-state index contributed by atoms with van der Waals surface area (Å²) in [5, 5.41) is 3.42. The first-order valence-corrected chi connectivity index (χ1v) is 9.84. The number of hydrogen-bond donors (Lipinski definition) is 1. The van der Waals surface area contributed by atoms with E-state index in [1.54, 1.807) is 29.2 Å². The van der Waals surface area contributed by atoms with Crippen LogP contribution in [0.5, 0.6) is 0 Å². The molecular weight excluding hydrogens is 342 g/mol. The van der Waals surface area contributed by atoms with E-state index in [0.29, 0.717) is 26.2 Å². The molecule has 0 atom stereocenters. The van der Waals surface area contributed by atoms with Gasteiger partial charge >= 0.3 is 6.03 Å². The molecule has 2 aliphatic heterocycles. The lowest BCUT2D eigenvalue weighted by Crippen LogP contribution is -2.53. The second-order valence-corrected chi connectivity index (χ2v) is 8.15. The maximum absolute atomic E-state index is 12.7. The molecule has 2 N–H and O–H groups in total. The van der Waals surface area contributed by atoms with Gasteiger partial charge in [0.15, 0.2) is 0 Å². The van der Waals surface area contributed by atoms with Gasteiger partial charge in [0.1, 0.15) is 0 Å². The molecule has 2 amide bonds. The van der Waals surface area contributed by atoms with Crippen molar-refractivity contribution < 1.29 is 13.2 Å². The van der Waals surface area contributed by atoms with Gasteiger partial charge in [0, 0.05) is 39.3 Å². The molecule has 0 spiro atoms. The minimum absolute atomic E-state index is 0.0278. The highest BCUT2D eigenvalue weighted by molar-refractivity contribution is 7.89. The van der Waals surface area contributed by atoms with Gasteiger partial charge in [-0.1, -0.05) is 12.1 Å². The van der Waals surface area contributed by atoms with Crippen molar-refractivity contribution in [3.05, 3.63) is 29.8 Å². The number of nitrogens with zero attached hydrogens (tertiary/aromatic N) is 4. The number of piperazine rings is 1. The van der Waals surface area contributed by atoms with Crippen LogP contribution in [0, 0.1) is 0 Å². The average Bonchev–Trinajstić information content (AvgIpc) is 3.17. The molecule has 2 saturated heterocycles. The monoisotopic (exact) mass is 365 g/mol. The minimum Gasteiger partial charge on any atom is -0.325 e. The fraction of sp³-hybridized carbons (Fsp3) is 0.500. The Balaban J connectivity index is 1.63. The molecule has 2 heterocycles. The molecule has 25 heavy (non-hydrogen) atoms. The Hall–Kier alpha value is -2.13. The molecule has 1 aromatic rings. The topological polar surface area (TPSA) is 99.3 Å². The maximum atomic E-state index is 12.7. The van der Waals surface area contributed by atoms with Gasteiger partial charge in [-0.05, 0) is 30.5 Å². The molecule has 9 heteroatoms. The first-order chi connectivity index (χ1) is 12.0. The first kappa shape index (κ1) is 17.7. The van der Waals surface area contributed by atoms with Gasteiger partial charge in [0.2, 0.25) is 10.0 Å². The third kappa shape index (κ3) is 3.77. The number of amides is 2. The Labute approximate surface area is 147 Å². The largest absolute Gasteiger partial charge is 0.325 e. The quantitative estimate of drug-likeness (QED) is 0.479. The summed E-state index contributed by atoms with van der Waals surface area (Å²) in [5.74, 6) is 5.09. The zero-order chi connectivity index (χ0) is 17.9.